The number of urea groups is 1. The summed E-state index contributed by atoms with van der Waals surface area (Å²) in [4.78, 5) is 12.9. The van der Waals surface area contributed by atoms with E-state index < -0.39 is 0 Å². The van der Waals surface area contributed by atoms with Gasteiger partial charge in [0.1, 0.15) is 0 Å². The van der Waals surface area contributed by atoms with Crippen molar-refractivity contribution in [2.75, 3.05) is 13.1 Å². The molecule has 1 aliphatic rings. The molecule has 3 nitrogen and oxygen atoms in total. The summed E-state index contributed by atoms with van der Waals surface area (Å²) in [6.07, 6.45) is 0. The molecule has 0 aromatic rings. The lowest BCUT2D eigenvalue weighted by molar-refractivity contribution is 0.212. The van der Waals surface area contributed by atoms with E-state index in [2.05, 4.69) is 11.9 Å². The van der Waals surface area contributed by atoms with Crippen molar-refractivity contribution in [2.45, 2.75) is 19.9 Å². The maximum Gasteiger partial charge on any atom is 0.318 e. The number of rotatable bonds is 2. The highest BCUT2D eigenvalue weighted by molar-refractivity contribution is 5.77. The molecule has 1 atom stereocenters. The summed E-state index contributed by atoms with van der Waals surface area (Å²) in [5.74, 6) is 0. The Morgan fingerprint density at radius 3 is 2.91 bits per heavy atom. The molecule has 2 amide bonds. The quantitative estimate of drug-likeness (QED) is 0.591. The summed E-state index contributed by atoms with van der Waals surface area (Å²) in [6, 6.07) is 0.230. The molecular weight excluding hydrogens is 140 g/mol. The summed E-state index contributed by atoms with van der Waals surface area (Å²) < 4.78 is 0. The first-order valence-corrected chi connectivity index (χ1v) is 3.86. The topological polar surface area (TPSA) is 32.3 Å². The molecule has 1 heterocycles. The van der Waals surface area contributed by atoms with Gasteiger partial charge in [0.15, 0.2) is 0 Å². The molecule has 0 spiro atoms. The van der Waals surface area contributed by atoms with Gasteiger partial charge in [0, 0.05) is 13.1 Å². The first kappa shape index (κ1) is 8.11. The fourth-order valence-electron chi connectivity index (χ4n) is 1.34. The second-order valence-electron chi connectivity index (χ2n) is 2.83. The van der Waals surface area contributed by atoms with Crippen LogP contribution in [0.25, 0.3) is 0 Å². The van der Waals surface area contributed by atoms with Gasteiger partial charge in [0.2, 0.25) is 0 Å². The molecule has 0 radical (unpaired) electrons. The summed E-state index contributed by atoms with van der Waals surface area (Å²) in [5, 5.41) is 2.78. The molecule has 0 aromatic heterocycles. The minimum Gasteiger partial charge on any atom is -0.336 e. The first-order valence-electron chi connectivity index (χ1n) is 3.86. The minimum absolute atomic E-state index is 0.0282. The third-order valence-electron chi connectivity index (χ3n) is 1.99. The maximum atomic E-state index is 11.1. The van der Waals surface area contributed by atoms with Gasteiger partial charge in [-0.2, -0.15) is 0 Å². The van der Waals surface area contributed by atoms with Crippen LogP contribution in [0.15, 0.2) is 12.2 Å². The SMILES string of the molecule is C=C(C)C1CNC(=O)N1CC. The van der Waals surface area contributed by atoms with E-state index in [1.54, 1.807) is 4.90 Å². The molecule has 0 saturated carbocycles. The zero-order chi connectivity index (χ0) is 8.43. The van der Waals surface area contributed by atoms with Gasteiger partial charge in [-0.15, -0.1) is 0 Å². The van der Waals surface area contributed by atoms with Crippen molar-refractivity contribution < 1.29 is 4.79 Å². The van der Waals surface area contributed by atoms with Crippen LogP contribution in [0.3, 0.4) is 0 Å². The number of hydrogen-bond acceptors (Lipinski definition) is 1. The Morgan fingerprint density at radius 2 is 2.55 bits per heavy atom. The number of carbonyl (C=O) groups is 1. The average molecular weight is 154 g/mol. The standard InChI is InChI=1S/C8H14N2O/c1-4-10-7(6(2)3)5-9-8(10)11/h7H,2,4-5H2,1,3H3,(H,9,11). The van der Waals surface area contributed by atoms with E-state index in [-0.39, 0.29) is 12.1 Å². The van der Waals surface area contributed by atoms with Crippen LogP contribution in [0, 0.1) is 0 Å². The normalized spacial score (nSPS) is 23.6. The first-order chi connectivity index (χ1) is 5.16. The monoisotopic (exact) mass is 154 g/mol. The van der Waals surface area contributed by atoms with Crippen molar-refractivity contribution in [1.82, 2.24) is 10.2 Å². The van der Waals surface area contributed by atoms with E-state index in [0.29, 0.717) is 6.54 Å². The molecule has 1 saturated heterocycles. The Morgan fingerprint density at radius 1 is 1.91 bits per heavy atom. The summed E-state index contributed by atoms with van der Waals surface area (Å²) in [5.41, 5.74) is 1.05. The zero-order valence-electron chi connectivity index (χ0n) is 7.05. The van der Waals surface area contributed by atoms with Crippen LogP contribution in [0.5, 0.6) is 0 Å². The van der Waals surface area contributed by atoms with Gasteiger partial charge in [-0.1, -0.05) is 12.2 Å². The van der Waals surface area contributed by atoms with Crippen LogP contribution in [-0.2, 0) is 0 Å². The van der Waals surface area contributed by atoms with Crippen molar-refractivity contribution >= 4 is 6.03 Å². The van der Waals surface area contributed by atoms with E-state index >= 15 is 0 Å². The van der Waals surface area contributed by atoms with Crippen molar-refractivity contribution in [3.63, 3.8) is 0 Å². The van der Waals surface area contributed by atoms with Gasteiger partial charge in [-0.25, -0.2) is 4.79 Å². The van der Waals surface area contributed by atoms with Crippen molar-refractivity contribution in [3.8, 4) is 0 Å². The number of amides is 2. The van der Waals surface area contributed by atoms with E-state index in [4.69, 9.17) is 0 Å². The lowest BCUT2D eigenvalue weighted by Gasteiger charge is -2.20. The fourth-order valence-corrected chi connectivity index (χ4v) is 1.34. The van der Waals surface area contributed by atoms with E-state index in [1.807, 2.05) is 13.8 Å². The zero-order valence-corrected chi connectivity index (χ0v) is 7.05. The third-order valence-corrected chi connectivity index (χ3v) is 1.99. The van der Waals surface area contributed by atoms with Crippen molar-refractivity contribution in [1.29, 1.82) is 0 Å². The maximum absolute atomic E-state index is 11.1. The van der Waals surface area contributed by atoms with Crippen molar-refractivity contribution in [2.24, 2.45) is 0 Å². The van der Waals surface area contributed by atoms with Gasteiger partial charge in [-0.05, 0) is 13.8 Å². The third kappa shape index (κ3) is 1.37. The second kappa shape index (κ2) is 2.95. The Labute approximate surface area is 67.1 Å². The lowest BCUT2D eigenvalue weighted by atomic mass is 10.1. The van der Waals surface area contributed by atoms with Gasteiger partial charge in [0.05, 0.1) is 6.04 Å². The molecule has 0 aliphatic carbocycles. The smallest absolute Gasteiger partial charge is 0.318 e. The van der Waals surface area contributed by atoms with Crippen molar-refractivity contribution in [3.05, 3.63) is 12.2 Å². The Bertz CT molecular complexity index is 189. The van der Waals surface area contributed by atoms with Crippen LogP contribution < -0.4 is 5.32 Å². The van der Waals surface area contributed by atoms with Crippen LogP contribution in [0.4, 0.5) is 4.79 Å². The Kier molecular flexibility index (Phi) is 2.17. The number of nitrogens with zero attached hydrogens (tertiary/aromatic N) is 1. The van der Waals surface area contributed by atoms with Crippen LogP contribution >= 0.6 is 0 Å². The summed E-state index contributed by atoms with van der Waals surface area (Å²) >= 11 is 0. The predicted octanol–water partition coefficient (Wildman–Crippen LogP) is 0.976. The molecule has 1 unspecified atom stereocenters. The highest BCUT2D eigenvalue weighted by Gasteiger charge is 2.29. The molecule has 3 heteroatoms. The van der Waals surface area contributed by atoms with Gasteiger partial charge in [-0.3, -0.25) is 0 Å². The summed E-state index contributed by atoms with van der Waals surface area (Å²) in [7, 11) is 0. The molecule has 1 fully saturated rings. The van der Waals surface area contributed by atoms with Gasteiger partial charge < -0.3 is 10.2 Å². The van der Waals surface area contributed by atoms with Crippen LogP contribution in [0.1, 0.15) is 13.8 Å². The molecular formula is C8H14N2O. The predicted molar refractivity (Wildman–Crippen MR) is 44.4 cm³/mol. The number of carbonyl (C=O) groups excluding carboxylic acids is 1. The largest absolute Gasteiger partial charge is 0.336 e. The molecule has 1 N–H and O–H groups in total. The molecule has 0 aromatic carbocycles. The van der Waals surface area contributed by atoms with Gasteiger partial charge >= 0.3 is 6.03 Å². The fraction of sp³-hybridized carbons (Fsp3) is 0.625. The van der Waals surface area contributed by atoms with E-state index in [1.165, 1.54) is 0 Å². The number of nitrogens with one attached hydrogen (secondary N) is 1. The number of likely N-dealkylation sites (N-methyl/N-ethyl adjacent to an activating group) is 1. The Hall–Kier alpha value is -0.990. The molecule has 1 rings (SSSR count). The van der Waals surface area contributed by atoms with E-state index in [0.717, 1.165) is 12.1 Å². The highest BCUT2D eigenvalue weighted by Crippen LogP contribution is 2.12. The molecule has 1 aliphatic heterocycles. The summed E-state index contributed by atoms with van der Waals surface area (Å²) in [6.45, 7) is 9.22. The number of hydrogen-bond donors (Lipinski definition) is 1. The Balaban J connectivity index is 2.68. The molecule has 0 bridgehead atoms. The molecule has 11 heavy (non-hydrogen) atoms. The average Bonchev–Trinajstić information content (AvgIpc) is 2.30. The lowest BCUT2D eigenvalue weighted by Crippen LogP contribution is -2.34. The second-order valence-corrected chi connectivity index (χ2v) is 2.83. The minimum atomic E-state index is 0.0282. The molecule has 62 valence electrons. The van der Waals surface area contributed by atoms with Gasteiger partial charge in [0.25, 0.3) is 0 Å². The van der Waals surface area contributed by atoms with E-state index in [9.17, 15) is 4.79 Å². The highest BCUT2D eigenvalue weighted by atomic mass is 16.2. The van der Waals surface area contributed by atoms with Crippen LogP contribution in [-0.4, -0.2) is 30.1 Å². The van der Waals surface area contributed by atoms with Crippen LogP contribution in [0.2, 0.25) is 0 Å².